The highest BCUT2D eigenvalue weighted by Crippen LogP contribution is 2.33. The lowest BCUT2D eigenvalue weighted by molar-refractivity contribution is -0.372. The van der Waals surface area contributed by atoms with Crippen LogP contribution in [-0.4, -0.2) is 30.3 Å². The highest BCUT2D eigenvalue weighted by atomic mass is 19.4. The van der Waals surface area contributed by atoms with Gasteiger partial charge in [-0.1, -0.05) is 55.4 Å². The average Bonchev–Trinajstić information content (AvgIpc) is 2.33. The molecule has 0 aromatic heterocycles. The first-order valence-corrected chi connectivity index (χ1v) is 7.84. The summed E-state index contributed by atoms with van der Waals surface area (Å²) in [4.78, 5) is 9.06. The monoisotopic (exact) mass is 367 g/mol. The van der Waals surface area contributed by atoms with Gasteiger partial charge in [0.05, 0.1) is 0 Å². The molecule has 2 nitrogen and oxygen atoms in total. The second-order valence-corrected chi connectivity index (χ2v) is 6.93. The zero-order valence-corrected chi connectivity index (χ0v) is 15.8. The lowest BCUT2D eigenvalue weighted by atomic mass is 9.77. The maximum Gasteiger partial charge on any atom is 0.467 e. The molecule has 148 valence electrons. The Labute approximate surface area is 141 Å². The van der Waals surface area contributed by atoms with E-state index in [1.54, 1.807) is 0 Å². The van der Waals surface area contributed by atoms with Crippen molar-refractivity contribution in [3.63, 3.8) is 0 Å². The van der Waals surface area contributed by atoms with Crippen LogP contribution in [0.5, 0.6) is 0 Å². The van der Waals surface area contributed by atoms with Crippen LogP contribution in [0.2, 0.25) is 0 Å². The molecule has 0 saturated carbocycles. The van der Waals surface area contributed by atoms with Gasteiger partial charge in [-0.3, -0.25) is 0 Å². The number of carbonyl (C=O) groups excluding carboxylic acids is 1. The highest BCUT2D eigenvalue weighted by molar-refractivity contribution is 5.57. The highest BCUT2D eigenvalue weighted by Gasteiger charge is 2.52. The van der Waals surface area contributed by atoms with E-state index >= 15 is 0 Å². The summed E-state index contributed by atoms with van der Waals surface area (Å²) in [5, 5.41) is 0. The summed E-state index contributed by atoms with van der Waals surface area (Å²) >= 11 is 0. The Balaban J connectivity index is -0.000000337. The quantitative estimate of drug-likeness (QED) is 0.325. The van der Waals surface area contributed by atoms with E-state index in [4.69, 9.17) is 0 Å². The first-order valence-electron chi connectivity index (χ1n) is 7.84. The van der Waals surface area contributed by atoms with Crippen LogP contribution in [0.1, 0.15) is 68.2 Å². The minimum atomic E-state index is -5.34. The van der Waals surface area contributed by atoms with Gasteiger partial charge < -0.3 is 4.79 Å². The molecule has 0 heterocycles. The van der Waals surface area contributed by atoms with E-state index < -0.39 is 24.0 Å². The van der Waals surface area contributed by atoms with E-state index in [0.717, 1.165) is 12.7 Å². The van der Waals surface area contributed by atoms with Crippen molar-refractivity contribution in [1.82, 2.24) is 4.90 Å². The number of nitrogens with zero attached hydrogens (tertiary/aromatic N) is 1. The first-order chi connectivity index (χ1) is 10.5. The van der Waals surface area contributed by atoms with Gasteiger partial charge in [0.15, 0.2) is 0 Å². The molecule has 0 aliphatic heterocycles. The summed E-state index contributed by atoms with van der Waals surface area (Å²) < 4.78 is 69.7. The molecule has 0 aliphatic carbocycles. The van der Waals surface area contributed by atoms with Crippen molar-refractivity contribution >= 4 is 6.29 Å². The molecule has 0 saturated heterocycles. The van der Waals surface area contributed by atoms with Crippen LogP contribution >= 0.6 is 0 Å². The van der Waals surface area contributed by atoms with Crippen molar-refractivity contribution in [2.24, 2.45) is 10.8 Å². The summed E-state index contributed by atoms with van der Waals surface area (Å²) in [5.41, 5.74) is 0.0999. The van der Waals surface area contributed by atoms with Gasteiger partial charge in [-0.05, 0) is 18.3 Å². The van der Waals surface area contributed by atoms with Crippen LogP contribution in [0.3, 0.4) is 0 Å². The van der Waals surface area contributed by atoms with Crippen LogP contribution in [0, 0.1) is 10.8 Å². The maximum atomic E-state index is 11.6. The minimum Gasteiger partial charge on any atom is -0.303 e. The number of halogens is 6. The van der Waals surface area contributed by atoms with Gasteiger partial charge in [0, 0.05) is 12.0 Å². The summed E-state index contributed by atoms with van der Waals surface area (Å²) in [5.74, 6) is 0. The number of alkyl halides is 6. The van der Waals surface area contributed by atoms with Crippen molar-refractivity contribution in [2.45, 2.75) is 80.8 Å². The van der Waals surface area contributed by atoms with E-state index in [2.05, 4.69) is 20.8 Å². The predicted molar refractivity (Wildman–Crippen MR) is 84.4 cm³/mol. The van der Waals surface area contributed by atoms with Crippen LogP contribution in [0.15, 0.2) is 0 Å². The molecule has 0 atom stereocenters. The van der Waals surface area contributed by atoms with Gasteiger partial charge in [-0.15, -0.1) is 4.90 Å². The van der Waals surface area contributed by atoms with E-state index in [9.17, 15) is 31.1 Å². The van der Waals surface area contributed by atoms with Gasteiger partial charge in [0.25, 0.3) is 0 Å². The number of hydrogen-bond acceptors (Lipinski definition) is 2. The second kappa shape index (κ2) is 10.9. The van der Waals surface area contributed by atoms with Crippen LogP contribution in [0.4, 0.5) is 26.3 Å². The van der Waals surface area contributed by atoms with Gasteiger partial charge in [0.2, 0.25) is 0 Å². The molecule has 24 heavy (non-hydrogen) atoms. The molecule has 0 amide bonds. The Morgan fingerprint density at radius 2 is 1.17 bits per heavy atom. The van der Waals surface area contributed by atoms with Crippen molar-refractivity contribution in [3.05, 3.63) is 0 Å². The Morgan fingerprint density at radius 1 is 0.833 bits per heavy atom. The van der Waals surface area contributed by atoms with E-state index in [1.807, 2.05) is 27.7 Å². The fourth-order valence-electron chi connectivity index (χ4n) is 2.03. The lowest BCUT2D eigenvalue weighted by Crippen LogP contribution is -2.48. The summed E-state index contributed by atoms with van der Waals surface area (Å²) in [6, 6.07) is 0. The molecule has 0 unspecified atom stereocenters. The fraction of sp³-hybridized carbons (Fsp3) is 0.938. The summed E-state index contributed by atoms with van der Waals surface area (Å²) in [7, 11) is 0. The number of carbonyl (C=O) groups is 1. The van der Waals surface area contributed by atoms with Gasteiger partial charge >= 0.3 is 12.6 Å². The molecular weight excluding hydrogens is 336 g/mol. The smallest absolute Gasteiger partial charge is 0.303 e. The standard InChI is InChI=1S/C9H18O.C5H7F6N.C2H6/c1-8(2,3)6-9(4,5)7-10;1-2-3-12(4(6,7)8)5(9,10)11;1-2/h7H,6H2,1-5H3;2-3H2,1H3;1-2H3. The van der Waals surface area contributed by atoms with Gasteiger partial charge in [0.1, 0.15) is 6.29 Å². The van der Waals surface area contributed by atoms with E-state index in [-0.39, 0.29) is 17.3 Å². The first kappa shape index (κ1) is 28.0. The maximum absolute atomic E-state index is 11.6. The Bertz CT molecular complexity index is 315. The minimum absolute atomic E-state index is 0.155. The van der Waals surface area contributed by atoms with Gasteiger partial charge in [-0.2, -0.15) is 26.3 Å². The third-order valence-electron chi connectivity index (χ3n) is 2.36. The van der Waals surface area contributed by atoms with Crippen LogP contribution in [0.25, 0.3) is 0 Å². The molecule has 0 aromatic rings. The topological polar surface area (TPSA) is 20.3 Å². The largest absolute Gasteiger partial charge is 0.467 e. The van der Waals surface area contributed by atoms with Crippen LogP contribution in [-0.2, 0) is 4.79 Å². The molecule has 0 aliphatic rings. The molecular formula is C16H31F6NO. The molecule has 0 rings (SSSR count). The van der Waals surface area contributed by atoms with E-state index in [0.29, 0.717) is 0 Å². The van der Waals surface area contributed by atoms with E-state index in [1.165, 1.54) is 6.92 Å². The number of rotatable bonds is 4. The SMILES string of the molecule is CC.CC(C)(C)CC(C)(C)C=O.CCCN(C(F)(F)F)C(F)(F)F. The zero-order chi connectivity index (χ0) is 20.4. The van der Waals surface area contributed by atoms with Crippen LogP contribution < -0.4 is 0 Å². The van der Waals surface area contributed by atoms with Crippen molar-refractivity contribution in [2.75, 3.05) is 6.54 Å². The molecule has 0 spiro atoms. The lowest BCUT2D eigenvalue weighted by Gasteiger charge is -2.27. The molecule has 0 aromatic carbocycles. The van der Waals surface area contributed by atoms with Gasteiger partial charge in [-0.25, -0.2) is 0 Å². The fourth-order valence-corrected chi connectivity index (χ4v) is 2.03. The molecule has 0 radical (unpaired) electrons. The summed E-state index contributed by atoms with van der Waals surface area (Å²) in [6.07, 6.45) is -8.90. The molecule has 0 N–H and O–H groups in total. The third-order valence-corrected chi connectivity index (χ3v) is 2.36. The second-order valence-electron chi connectivity index (χ2n) is 6.93. The molecule has 0 bridgehead atoms. The Hall–Kier alpha value is -0.790. The van der Waals surface area contributed by atoms with Crippen molar-refractivity contribution in [3.8, 4) is 0 Å². The third kappa shape index (κ3) is 16.1. The predicted octanol–water partition coefficient (Wildman–Crippen LogP) is 6.41. The molecule has 0 fully saturated rings. The molecule has 8 heteroatoms. The summed E-state index contributed by atoms with van der Waals surface area (Å²) in [6.45, 7) is 14.6. The Kier molecular flexibility index (Phi) is 12.8. The Morgan fingerprint density at radius 3 is 1.25 bits per heavy atom. The average molecular weight is 367 g/mol. The van der Waals surface area contributed by atoms with Crippen molar-refractivity contribution in [1.29, 1.82) is 0 Å². The normalized spacial score (nSPS) is 12.8. The zero-order valence-electron chi connectivity index (χ0n) is 15.8. The number of aldehydes is 1. The number of hydrogen-bond donors (Lipinski definition) is 0. The van der Waals surface area contributed by atoms with Crippen molar-refractivity contribution < 1.29 is 31.1 Å².